The van der Waals surface area contributed by atoms with Crippen LogP contribution in [0.5, 0.6) is 5.75 Å². The lowest BCUT2D eigenvalue weighted by Gasteiger charge is -2.24. The number of methoxy groups -OCH3 is 1. The minimum absolute atomic E-state index is 0.272. The van der Waals surface area contributed by atoms with Gasteiger partial charge in [0.1, 0.15) is 11.3 Å². The number of benzene rings is 2. The molecule has 0 aliphatic heterocycles. The van der Waals surface area contributed by atoms with Gasteiger partial charge >= 0.3 is 0 Å². The smallest absolute Gasteiger partial charge is 0.248 e. The van der Waals surface area contributed by atoms with Gasteiger partial charge in [-0.05, 0) is 46.6 Å². The number of nitrogens with one attached hydrogen (secondary N) is 1. The van der Waals surface area contributed by atoms with Gasteiger partial charge in [0.15, 0.2) is 0 Å². The van der Waals surface area contributed by atoms with Crippen molar-refractivity contribution in [3.8, 4) is 5.75 Å². The van der Waals surface area contributed by atoms with Crippen molar-refractivity contribution in [3.63, 3.8) is 0 Å². The zero-order chi connectivity index (χ0) is 15.5. The molecule has 0 saturated heterocycles. The van der Waals surface area contributed by atoms with E-state index in [1.165, 1.54) is 0 Å². The molecular formula is C16H17BrN2O2. The number of nitrogens with two attached hydrogens (primary N) is 1. The van der Waals surface area contributed by atoms with Crippen molar-refractivity contribution >= 4 is 27.5 Å². The van der Waals surface area contributed by atoms with Gasteiger partial charge in [-0.1, -0.05) is 30.3 Å². The quantitative estimate of drug-likeness (QED) is 0.891. The van der Waals surface area contributed by atoms with Crippen LogP contribution in [-0.4, -0.2) is 13.0 Å². The number of hydrogen-bond donors (Lipinski definition) is 2. The lowest BCUT2D eigenvalue weighted by molar-refractivity contribution is -0.120. The van der Waals surface area contributed by atoms with E-state index in [0.717, 1.165) is 10.0 Å². The molecule has 2 rings (SSSR count). The van der Waals surface area contributed by atoms with Crippen molar-refractivity contribution in [2.75, 3.05) is 12.4 Å². The van der Waals surface area contributed by atoms with Crippen LogP contribution >= 0.6 is 15.9 Å². The molecule has 0 aliphatic rings. The number of anilines is 1. The van der Waals surface area contributed by atoms with E-state index < -0.39 is 5.54 Å². The van der Waals surface area contributed by atoms with Gasteiger partial charge in [-0.15, -0.1) is 0 Å². The highest BCUT2D eigenvalue weighted by Crippen LogP contribution is 2.28. The third kappa shape index (κ3) is 3.43. The molecule has 0 saturated carbocycles. The Labute approximate surface area is 132 Å². The second kappa shape index (κ2) is 6.28. The van der Waals surface area contributed by atoms with Crippen LogP contribution in [0, 0.1) is 0 Å². The average Bonchev–Trinajstić information content (AvgIpc) is 2.48. The van der Waals surface area contributed by atoms with E-state index in [1.54, 1.807) is 32.2 Å². The minimum Gasteiger partial charge on any atom is -0.496 e. The van der Waals surface area contributed by atoms with Gasteiger partial charge in [0.2, 0.25) is 5.91 Å². The Morgan fingerprint density at radius 1 is 1.24 bits per heavy atom. The molecule has 0 bridgehead atoms. The topological polar surface area (TPSA) is 64.3 Å². The number of rotatable bonds is 4. The van der Waals surface area contributed by atoms with E-state index in [2.05, 4.69) is 21.2 Å². The van der Waals surface area contributed by atoms with Crippen molar-refractivity contribution in [3.05, 3.63) is 58.6 Å². The number of ether oxygens (including phenoxy) is 1. The first-order valence-electron chi connectivity index (χ1n) is 6.44. The molecule has 21 heavy (non-hydrogen) atoms. The SMILES string of the molecule is COc1ccc(NC(=O)C(C)(N)c2ccccc2)cc1Br. The van der Waals surface area contributed by atoms with Crippen molar-refractivity contribution in [2.24, 2.45) is 5.73 Å². The van der Waals surface area contributed by atoms with E-state index >= 15 is 0 Å². The van der Waals surface area contributed by atoms with Gasteiger partial charge in [0, 0.05) is 5.69 Å². The monoisotopic (exact) mass is 348 g/mol. The summed E-state index contributed by atoms with van der Waals surface area (Å²) in [6, 6.07) is 14.6. The van der Waals surface area contributed by atoms with Crippen LogP contribution in [0.4, 0.5) is 5.69 Å². The minimum atomic E-state index is -1.10. The molecule has 2 aromatic rings. The predicted molar refractivity (Wildman–Crippen MR) is 87.3 cm³/mol. The molecule has 5 heteroatoms. The molecule has 2 aromatic carbocycles. The summed E-state index contributed by atoms with van der Waals surface area (Å²) in [4.78, 5) is 12.4. The molecule has 3 N–H and O–H groups in total. The first-order valence-corrected chi connectivity index (χ1v) is 7.24. The summed E-state index contributed by atoms with van der Waals surface area (Å²) in [5.74, 6) is 0.428. The highest BCUT2D eigenvalue weighted by atomic mass is 79.9. The second-order valence-corrected chi connectivity index (χ2v) is 5.73. The maximum atomic E-state index is 12.4. The van der Waals surface area contributed by atoms with Gasteiger partial charge in [0.25, 0.3) is 0 Å². The van der Waals surface area contributed by atoms with Crippen LogP contribution in [0.25, 0.3) is 0 Å². The molecule has 0 aliphatic carbocycles. The van der Waals surface area contributed by atoms with Gasteiger partial charge in [-0.3, -0.25) is 4.79 Å². The molecular weight excluding hydrogens is 332 g/mol. The summed E-state index contributed by atoms with van der Waals surface area (Å²) in [5, 5.41) is 2.82. The fourth-order valence-electron chi connectivity index (χ4n) is 1.92. The van der Waals surface area contributed by atoms with Crippen LogP contribution in [0.1, 0.15) is 12.5 Å². The molecule has 0 fully saturated rings. The zero-order valence-electron chi connectivity index (χ0n) is 11.9. The molecule has 1 amide bonds. The van der Waals surface area contributed by atoms with Gasteiger partial charge in [-0.2, -0.15) is 0 Å². The Morgan fingerprint density at radius 3 is 2.48 bits per heavy atom. The maximum Gasteiger partial charge on any atom is 0.248 e. The number of amides is 1. The molecule has 0 radical (unpaired) electrons. The van der Waals surface area contributed by atoms with Crippen molar-refractivity contribution in [1.82, 2.24) is 0 Å². The third-order valence-electron chi connectivity index (χ3n) is 3.25. The Balaban J connectivity index is 2.19. The summed E-state index contributed by atoms with van der Waals surface area (Å²) < 4.78 is 5.92. The molecule has 1 atom stereocenters. The van der Waals surface area contributed by atoms with E-state index in [4.69, 9.17) is 10.5 Å². The fraction of sp³-hybridized carbons (Fsp3) is 0.188. The Morgan fingerprint density at radius 2 is 1.90 bits per heavy atom. The molecule has 0 heterocycles. The van der Waals surface area contributed by atoms with Crippen LogP contribution in [0.2, 0.25) is 0 Å². The maximum absolute atomic E-state index is 12.4. The molecule has 1 unspecified atom stereocenters. The normalized spacial score (nSPS) is 13.3. The first-order chi connectivity index (χ1) is 9.95. The summed E-state index contributed by atoms with van der Waals surface area (Å²) in [5.41, 5.74) is 6.48. The predicted octanol–water partition coefficient (Wildman–Crippen LogP) is 3.27. The zero-order valence-corrected chi connectivity index (χ0v) is 13.5. The van der Waals surface area contributed by atoms with Crippen LogP contribution in [-0.2, 0) is 10.3 Å². The number of carbonyl (C=O) groups is 1. The number of halogens is 1. The highest BCUT2D eigenvalue weighted by molar-refractivity contribution is 9.10. The molecule has 0 aromatic heterocycles. The molecule has 110 valence electrons. The van der Waals surface area contributed by atoms with E-state index in [0.29, 0.717) is 11.4 Å². The van der Waals surface area contributed by atoms with Crippen molar-refractivity contribution in [1.29, 1.82) is 0 Å². The van der Waals surface area contributed by atoms with E-state index in [-0.39, 0.29) is 5.91 Å². The van der Waals surface area contributed by atoms with E-state index in [9.17, 15) is 4.79 Å². The second-order valence-electron chi connectivity index (χ2n) is 4.87. The highest BCUT2D eigenvalue weighted by Gasteiger charge is 2.30. The Bertz CT molecular complexity index is 642. The fourth-order valence-corrected chi connectivity index (χ4v) is 2.46. The summed E-state index contributed by atoms with van der Waals surface area (Å²) >= 11 is 3.39. The Hall–Kier alpha value is -1.85. The van der Waals surface area contributed by atoms with E-state index in [1.807, 2.05) is 30.3 Å². The number of carbonyl (C=O) groups excluding carboxylic acids is 1. The molecule has 4 nitrogen and oxygen atoms in total. The first kappa shape index (κ1) is 15.5. The lowest BCUT2D eigenvalue weighted by atomic mass is 9.92. The molecule has 0 spiro atoms. The van der Waals surface area contributed by atoms with Crippen LogP contribution < -0.4 is 15.8 Å². The standard InChI is InChI=1S/C16H17BrN2O2/c1-16(18,11-6-4-3-5-7-11)15(20)19-12-8-9-14(21-2)13(17)10-12/h3-10H,18H2,1-2H3,(H,19,20). The van der Waals surface area contributed by atoms with Gasteiger partial charge < -0.3 is 15.8 Å². The van der Waals surface area contributed by atoms with Gasteiger partial charge in [-0.25, -0.2) is 0 Å². The van der Waals surface area contributed by atoms with Gasteiger partial charge in [0.05, 0.1) is 11.6 Å². The van der Waals surface area contributed by atoms with Crippen LogP contribution in [0.15, 0.2) is 53.0 Å². The summed E-state index contributed by atoms with van der Waals surface area (Å²) in [6.07, 6.45) is 0. The van der Waals surface area contributed by atoms with Crippen LogP contribution in [0.3, 0.4) is 0 Å². The van der Waals surface area contributed by atoms with Crippen molar-refractivity contribution in [2.45, 2.75) is 12.5 Å². The summed E-state index contributed by atoms with van der Waals surface area (Å²) in [6.45, 7) is 1.69. The third-order valence-corrected chi connectivity index (χ3v) is 3.87. The van der Waals surface area contributed by atoms with Crippen molar-refractivity contribution < 1.29 is 9.53 Å². The Kier molecular flexibility index (Phi) is 4.65. The number of hydrogen-bond acceptors (Lipinski definition) is 3. The average molecular weight is 349 g/mol. The summed E-state index contributed by atoms with van der Waals surface area (Å²) in [7, 11) is 1.59. The lowest BCUT2D eigenvalue weighted by Crippen LogP contribution is -2.45. The largest absolute Gasteiger partial charge is 0.496 e.